The van der Waals surface area contributed by atoms with E-state index < -0.39 is 17.6 Å². The summed E-state index contributed by atoms with van der Waals surface area (Å²) in [6.07, 6.45) is 1.87. The lowest BCUT2D eigenvalue weighted by Crippen LogP contribution is -2.57. The molecule has 23 heavy (non-hydrogen) atoms. The van der Waals surface area contributed by atoms with Gasteiger partial charge in [0.25, 0.3) is 0 Å². The molecule has 1 aliphatic carbocycles. The first-order valence-electron chi connectivity index (χ1n) is 8.15. The maximum atomic E-state index is 12.4. The number of carbonyl (C=O) groups excluding carboxylic acids is 3. The highest BCUT2D eigenvalue weighted by molar-refractivity contribution is 5.88. The van der Waals surface area contributed by atoms with E-state index in [0.717, 1.165) is 19.3 Å². The summed E-state index contributed by atoms with van der Waals surface area (Å²) in [6, 6.07) is -0.618. The Hall–Kier alpha value is -1.79. The monoisotopic (exact) mass is 327 g/mol. The van der Waals surface area contributed by atoms with Crippen LogP contribution >= 0.6 is 0 Å². The fourth-order valence-electron chi connectivity index (χ4n) is 2.59. The van der Waals surface area contributed by atoms with Gasteiger partial charge in [0.1, 0.15) is 6.04 Å². The van der Waals surface area contributed by atoms with Crippen molar-refractivity contribution < 1.29 is 19.1 Å². The van der Waals surface area contributed by atoms with Gasteiger partial charge < -0.3 is 20.7 Å². The summed E-state index contributed by atoms with van der Waals surface area (Å²) in [7, 11) is 1.25. The van der Waals surface area contributed by atoms with Gasteiger partial charge in [0.15, 0.2) is 0 Å². The quantitative estimate of drug-likeness (QED) is 0.654. The lowest BCUT2D eigenvalue weighted by molar-refractivity contribution is -0.137. The summed E-state index contributed by atoms with van der Waals surface area (Å²) >= 11 is 0. The van der Waals surface area contributed by atoms with Crippen molar-refractivity contribution in [2.24, 2.45) is 11.3 Å². The van der Waals surface area contributed by atoms with Crippen molar-refractivity contribution in [2.75, 3.05) is 13.7 Å². The highest BCUT2D eigenvalue weighted by Crippen LogP contribution is 2.40. The van der Waals surface area contributed by atoms with Crippen LogP contribution in [0.5, 0.6) is 0 Å². The van der Waals surface area contributed by atoms with Crippen molar-refractivity contribution in [1.82, 2.24) is 16.0 Å². The van der Waals surface area contributed by atoms with Crippen LogP contribution in [0, 0.1) is 11.3 Å². The Morgan fingerprint density at radius 3 is 2.09 bits per heavy atom. The zero-order valence-electron chi connectivity index (χ0n) is 14.7. The molecular weight excluding hydrogens is 298 g/mol. The number of methoxy groups -OCH3 is 1. The Kier molecular flexibility index (Phi) is 6.84. The normalized spacial score (nSPS) is 17.2. The summed E-state index contributed by atoms with van der Waals surface area (Å²) in [5.41, 5.74) is -0.521. The first-order valence-corrected chi connectivity index (χ1v) is 8.15. The van der Waals surface area contributed by atoms with Crippen molar-refractivity contribution in [3.8, 4) is 0 Å². The molecule has 1 saturated carbocycles. The molecule has 0 aromatic carbocycles. The van der Waals surface area contributed by atoms with E-state index in [0.29, 0.717) is 0 Å². The van der Waals surface area contributed by atoms with Crippen LogP contribution in [0.4, 0.5) is 4.79 Å². The van der Waals surface area contributed by atoms with E-state index in [4.69, 9.17) is 0 Å². The number of nitrogens with one attached hydrogen (secondary N) is 3. The minimum Gasteiger partial charge on any atom is -0.453 e. The van der Waals surface area contributed by atoms with Crippen LogP contribution < -0.4 is 16.0 Å². The molecule has 0 bridgehead atoms. The van der Waals surface area contributed by atoms with E-state index in [1.165, 1.54) is 7.11 Å². The third-order valence-electron chi connectivity index (χ3n) is 4.22. The Labute approximate surface area is 137 Å². The van der Waals surface area contributed by atoms with Crippen LogP contribution in [0.1, 0.15) is 47.0 Å². The molecule has 0 unspecified atom stereocenters. The highest BCUT2D eigenvalue weighted by Gasteiger charge is 2.44. The zero-order valence-corrected chi connectivity index (χ0v) is 14.7. The molecule has 132 valence electrons. The summed E-state index contributed by atoms with van der Waals surface area (Å²) in [4.78, 5) is 36.1. The maximum Gasteiger partial charge on any atom is 0.407 e. The van der Waals surface area contributed by atoms with E-state index in [2.05, 4.69) is 20.7 Å². The van der Waals surface area contributed by atoms with E-state index >= 15 is 0 Å². The summed E-state index contributed by atoms with van der Waals surface area (Å²) in [5.74, 6) is -0.397. The van der Waals surface area contributed by atoms with Crippen LogP contribution in [0.3, 0.4) is 0 Å². The van der Waals surface area contributed by atoms with Gasteiger partial charge in [0.2, 0.25) is 11.8 Å². The number of hydrogen-bond acceptors (Lipinski definition) is 4. The molecule has 0 radical (unpaired) electrons. The van der Waals surface area contributed by atoms with Crippen molar-refractivity contribution in [1.29, 1.82) is 0 Å². The first-order chi connectivity index (χ1) is 10.7. The molecular formula is C16H29N3O4. The minimum atomic E-state index is -0.687. The van der Waals surface area contributed by atoms with E-state index in [1.54, 1.807) is 0 Å². The molecule has 0 aliphatic heterocycles. The van der Waals surface area contributed by atoms with Gasteiger partial charge in [-0.05, 0) is 32.6 Å². The standard InChI is InChI=1S/C16H29N3O4/c1-10(2)12(19-15(22)23-5)13(20)17-9-16(7-6-8-16)14(21)18-11(3)4/h10-12H,6-9H2,1-5H3,(H,17,20)(H,18,21)(H,19,22)/t12-/m0/s1. The Morgan fingerprint density at radius 1 is 1.09 bits per heavy atom. The fourth-order valence-corrected chi connectivity index (χ4v) is 2.59. The number of rotatable bonds is 7. The molecule has 7 heteroatoms. The summed E-state index contributed by atoms with van der Waals surface area (Å²) in [5, 5.41) is 8.27. The number of alkyl carbamates (subject to hydrolysis) is 1. The van der Waals surface area contributed by atoms with Gasteiger partial charge in [-0.3, -0.25) is 9.59 Å². The Bertz CT molecular complexity index is 445. The van der Waals surface area contributed by atoms with Gasteiger partial charge in [-0.1, -0.05) is 20.3 Å². The molecule has 1 atom stereocenters. The molecule has 1 rings (SSSR count). The fraction of sp³-hybridized carbons (Fsp3) is 0.812. The average Bonchev–Trinajstić information content (AvgIpc) is 2.41. The predicted octanol–water partition coefficient (Wildman–Crippen LogP) is 1.18. The maximum absolute atomic E-state index is 12.4. The van der Waals surface area contributed by atoms with Gasteiger partial charge >= 0.3 is 6.09 Å². The minimum absolute atomic E-state index is 0.0129. The Balaban J connectivity index is 2.64. The third-order valence-corrected chi connectivity index (χ3v) is 4.22. The van der Waals surface area contributed by atoms with Crippen molar-refractivity contribution in [3.63, 3.8) is 0 Å². The van der Waals surface area contributed by atoms with E-state index in [9.17, 15) is 14.4 Å². The van der Waals surface area contributed by atoms with E-state index in [-0.39, 0.29) is 30.3 Å². The highest BCUT2D eigenvalue weighted by atomic mass is 16.5. The lowest BCUT2D eigenvalue weighted by atomic mass is 9.68. The summed E-state index contributed by atoms with van der Waals surface area (Å²) < 4.78 is 4.55. The van der Waals surface area contributed by atoms with Gasteiger partial charge in [0.05, 0.1) is 12.5 Å². The smallest absolute Gasteiger partial charge is 0.407 e. The molecule has 0 spiro atoms. The number of carbonyl (C=O) groups is 3. The van der Waals surface area contributed by atoms with Crippen LogP contribution in [0.25, 0.3) is 0 Å². The average molecular weight is 327 g/mol. The van der Waals surface area contributed by atoms with Crippen LogP contribution in [0.15, 0.2) is 0 Å². The van der Waals surface area contributed by atoms with E-state index in [1.807, 2.05) is 27.7 Å². The van der Waals surface area contributed by atoms with Crippen molar-refractivity contribution in [3.05, 3.63) is 0 Å². The van der Waals surface area contributed by atoms with Gasteiger partial charge in [-0.2, -0.15) is 0 Å². The van der Waals surface area contributed by atoms with Crippen LogP contribution in [0.2, 0.25) is 0 Å². The second-order valence-electron chi connectivity index (χ2n) is 6.84. The second kappa shape index (κ2) is 8.17. The third kappa shape index (κ3) is 5.11. The number of ether oxygens (including phenoxy) is 1. The molecule has 0 aromatic rings. The summed E-state index contributed by atoms with van der Waals surface area (Å²) in [6.45, 7) is 7.79. The Morgan fingerprint density at radius 2 is 1.70 bits per heavy atom. The molecule has 1 fully saturated rings. The molecule has 0 heterocycles. The number of amides is 3. The van der Waals surface area contributed by atoms with Gasteiger partial charge in [-0.15, -0.1) is 0 Å². The van der Waals surface area contributed by atoms with Crippen molar-refractivity contribution in [2.45, 2.75) is 59.0 Å². The molecule has 7 nitrogen and oxygen atoms in total. The first kappa shape index (κ1) is 19.3. The SMILES string of the molecule is COC(=O)N[C@H](C(=O)NCC1(C(=O)NC(C)C)CCC1)C(C)C. The predicted molar refractivity (Wildman–Crippen MR) is 86.7 cm³/mol. The van der Waals surface area contributed by atoms with Gasteiger partial charge in [-0.25, -0.2) is 4.79 Å². The molecule has 1 aliphatic rings. The van der Waals surface area contributed by atoms with Crippen LogP contribution in [-0.4, -0.2) is 43.6 Å². The molecule has 0 aromatic heterocycles. The van der Waals surface area contributed by atoms with Gasteiger partial charge in [0, 0.05) is 12.6 Å². The molecule has 0 saturated heterocycles. The number of hydrogen-bond donors (Lipinski definition) is 3. The van der Waals surface area contributed by atoms with Crippen LogP contribution in [-0.2, 0) is 14.3 Å². The molecule has 3 amide bonds. The lowest BCUT2D eigenvalue weighted by Gasteiger charge is -2.41. The van der Waals surface area contributed by atoms with Crippen molar-refractivity contribution >= 4 is 17.9 Å². The molecule has 3 N–H and O–H groups in total. The zero-order chi connectivity index (χ0) is 17.6. The largest absolute Gasteiger partial charge is 0.453 e. The second-order valence-corrected chi connectivity index (χ2v) is 6.84. The topological polar surface area (TPSA) is 96.5 Å².